The zero-order valence-corrected chi connectivity index (χ0v) is 11.3. The van der Waals surface area contributed by atoms with Crippen LogP contribution in [0.1, 0.15) is 27.2 Å². The quantitative estimate of drug-likeness (QED) is 0.698. The Morgan fingerprint density at radius 3 is 2.24 bits per heavy atom. The van der Waals surface area contributed by atoms with Crippen molar-refractivity contribution in [3.8, 4) is 0 Å². The minimum atomic E-state index is -0.877. The van der Waals surface area contributed by atoms with Crippen molar-refractivity contribution in [2.75, 3.05) is 13.1 Å². The van der Waals surface area contributed by atoms with E-state index in [1.165, 1.54) is 0 Å². The summed E-state index contributed by atoms with van der Waals surface area (Å²) >= 11 is 4.89. The van der Waals surface area contributed by atoms with Crippen molar-refractivity contribution in [1.29, 1.82) is 0 Å². The van der Waals surface area contributed by atoms with Crippen LogP contribution in [0.5, 0.6) is 0 Å². The maximum Gasteiger partial charge on any atom is 0.235 e. The summed E-state index contributed by atoms with van der Waals surface area (Å²) in [6, 6.07) is 0. The molecule has 6 heteroatoms. The van der Waals surface area contributed by atoms with E-state index in [0.717, 1.165) is 0 Å². The molecule has 1 unspecified atom stereocenters. The van der Waals surface area contributed by atoms with Crippen molar-refractivity contribution in [3.05, 3.63) is 0 Å². The van der Waals surface area contributed by atoms with E-state index in [0.29, 0.717) is 19.5 Å². The van der Waals surface area contributed by atoms with Crippen molar-refractivity contribution >= 4 is 29.0 Å². The van der Waals surface area contributed by atoms with E-state index in [2.05, 4.69) is 0 Å². The van der Waals surface area contributed by atoms with E-state index in [4.69, 9.17) is 23.7 Å². The van der Waals surface area contributed by atoms with Gasteiger partial charge in [0.05, 0.1) is 15.8 Å². The molecule has 1 atom stereocenters. The molecule has 1 heterocycles. The average molecular weight is 257 g/mol. The van der Waals surface area contributed by atoms with E-state index in [-0.39, 0.29) is 16.8 Å². The molecule has 0 saturated carbocycles. The van der Waals surface area contributed by atoms with Gasteiger partial charge in [-0.15, -0.1) is 0 Å². The van der Waals surface area contributed by atoms with Gasteiger partial charge in [0.15, 0.2) is 0 Å². The lowest BCUT2D eigenvalue weighted by molar-refractivity contribution is -0.136. The van der Waals surface area contributed by atoms with Gasteiger partial charge < -0.3 is 16.4 Å². The number of rotatable bonds is 3. The molecule has 0 aliphatic carbocycles. The minimum absolute atomic E-state index is 0.144. The monoisotopic (exact) mass is 257 g/mol. The van der Waals surface area contributed by atoms with Crippen molar-refractivity contribution in [2.45, 2.75) is 27.2 Å². The predicted molar refractivity (Wildman–Crippen MR) is 69.1 cm³/mol. The number of carbonyl (C=O) groups is 2. The number of hydrogen-bond acceptors (Lipinski definition) is 3. The summed E-state index contributed by atoms with van der Waals surface area (Å²) in [7, 11) is 0. The van der Waals surface area contributed by atoms with E-state index in [9.17, 15) is 9.59 Å². The van der Waals surface area contributed by atoms with Gasteiger partial charge in [-0.3, -0.25) is 9.59 Å². The maximum absolute atomic E-state index is 12.2. The highest BCUT2D eigenvalue weighted by Gasteiger charge is 2.44. The smallest absolute Gasteiger partial charge is 0.235 e. The Morgan fingerprint density at radius 1 is 1.35 bits per heavy atom. The number of nitrogens with zero attached hydrogens (tertiary/aromatic N) is 1. The van der Waals surface area contributed by atoms with Crippen LogP contribution in [0.4, 0.5) is 0 Å². The second kappa shape index (κ2) is 4.25. The number of likely N-dealkylation sites (tertiary alicyclic amines) is 1. The second-order valence-corrected chi connectivity index (χ2v) is 5.83. The number of thiocarbonyl (C=S) groups is 1. The van der Waals surface area contributed by atoms with E-state index < -0.39 is 10.8 Å². The fraction of sp³-hybridized carbons (Fsp3) is 0.727. The molecule has 1 aliphatic heterocycles. The molecule has 1 fully saturated rings. The van der Waals surface area contributed by atoms with E-state index >= 15 is 0 Å². The van der Waals surface area contributed by atoms with Crippen molar-refractivity contribution in [3.63, 3.8) is 0 Å². The van der Waals surface area contributed by atoms with Crippen LogP contribution < -0.4 is 11.5 Å². The lowest BCUT2D eigenvalue weighted by Gasteiger charge is -2.29. The zero-order chi connectivity index (χ0) is 13.4. The highest BCUT2D eigenvalue weighted by molar-refractivity contribution is 7.80. The average Bonchev–Trinajstić information content (AvgIpc) is 2.61. The van der Waals surface area contributed by atoms with Gasteiger partial charge in [-0.05, 0) is 27.2 Å². The molecule has 17 heavy (non-hydrogen) atoms. The molecule has 0 spiro atoms. The first-order valence-corrected chi connectivity index (χ1v) is 5.91. The van der Waals surface area contributed by atoms with Gasteiger partial charge in [0.2, 0.25) is 11.8 Å². The molecule has 4 N–H and O–H groups in total. The first kappa shape index (κ1) is 13.9. The van der Waals surface area contributed by atoms with Gasteiger partial charge >= 0.3 is 0 Å². The van der Waals surface area contributed by atoms with Crippen molar-refractivity contribution in [1.82, 2.24) is 4.90 Å². The molecule has 0 aromatic carbocycles. The van der Waals surface area contributed by atoms with Crippen LogP contribution >= 0.6 is 12.2 Å². The lowest BCUT2D eigenvalue weighted by Crippen LogP contribution is -2.47. The molecular weight excluding hydrogens is 238 g/mol. The van der Waals surface area contributed by atoms with E-state index in [1.807, 2.05) is 0 Å². The Morgan fingerprint density at radius 2 is 1.88 bits per heavy atom. The molecule has 0 radical (unpaired) electrons. The van der Waals surface area contributed by atoms with Crippen LogP contribution in [0.15, 0.2) is 0 Å². The predicted octanol–water partition coefficient (Wildman–Crippen LogP) is 0.0226. The Hall–Kier alpha value is -1.17. The summed E-state index contributed by atoms with van der Waals surface area (Å²) in [5, 5.41) is 0. The fourth-order valence-electron chi connectivity index (χ4n) is 1.84. The van der Waals surface area contributed by atoms with Crippen LogP contribution in [0.2, 0.25) is 0 Å². The summed E-state index contributed by atoms with van der Waals surface area (Å²) in [5.41, 5.74) is 9.38. The Balaban J connectivity index is 2.83. The molecule has 96 valence electrons. The largest absolute Gasteiger partial charge is 0.392 e. The molecule has 5 nitrogen and oxygen atoms in total. The van der Waals surface area contributed by atoms with Gasteiger partial charge in [0.1, 0.15) is 0 Å². The van der Waals surface area contributed by atoms with Crippen LogP contribution in [0.3, 0.4) is 0 Å². The third-order valence-electron chi connectivity index (χ3n) is 3.51. The van der Waals surface area contributed by atoms with Crippen molar-refractivity contribution < 1.29 is 9.59 Å². The second-order valence-electron chi connectivity index (χ2n) is 5.39. The molecule has 1 aliphatic rings. The first-order chi connectivity index (χ1) is 7.61. The van der Waals surface area contributed by atoms with Crippen LogP contribution in [0.25, 0.3) is 0 Å². The topological polar surface area (TPSA) is 89.4 Å². The van der Waals surface area contributed by atoms with E-state index in [1.54, 1.807) is 25.7 Å². The summed E-state index contributed by atoms with van der Waals surface area (Å²) in [4.78, 5) is 25.3. The zero-order valence-electron chi connectivity index (χ0n) is 10.4. The van der Waals surface area contributed by atoms with Gasteiger partial charge in [-0.1, -0.05) is 12.2 Å². The Kier molecular flexibility index (Phi) is 3.47. The summed E-state index contributed by atoms with van der Waals surface area (Å²) in [6.07, 6.45) is 0.585. The van der Waals surface area contributed by atoms with Gasteiger partial charge in [-0.25, -0.2) is 0 Å². The van der Waals surface area contributed by atoms with Crippen LogP contribution in [-0.4, -0.2) is 34.8 Å². The van der Waals surface area contributed by atoms with Crippen LogP contribution in [0, 0.1) is 10.8 Å². The third-order valence-corrected chi connectivity index (χ3v) is 4.02. The number of amides is 2. The van der Waals surface area contributed by atoms with Crippen LogP contribution in [-0.2, 0) is 9.59 Å². The van der Waals surface area contributed by atoms with Gasteiger partial charge in [0.25, 0.3) is 0 Å². The number of primary amides is 1. The Labute approximate surface area is 107 Å². The standard InChI is InChI=1S/C11H19N3O2S/c1-10(2,8(13)17)9(16)14-5-4-11(3,6-14)7(12)15/h4-6H2,1-3H3,(H2,12,15)(H2,13,17). The minimum Gasteiger partial charge on any atom is -0.392 e. The number of carbonyl (C=O) groups excluding carboxylic acids is 2. The summed E-state index contributed by atoms with van der Waals surface area (Å²) in [6.45, 7) is 6.02. The maximum atomic E-state index is 12.2. The molecule has 0 bridgehead atoms. The molecule has 0 aromatic heterocycles. The van der Waals surface area contributed by atoms with Gasteiger partial charge in [-0.2, -0.15) is 0 Å². The number of nitrogens with two attached hydrogens (primary N) is 2. The molecule has 1 saturated heterocycles. The lowest BCUT2D eigenvalue weighted by atomic mass is 9.88. The summed E-state index contributed by atoms with van der Waals surface area (Å²) in [5.74, 6) is -0.518. The molecule has 2 amide bonds. The molecule has 0 aromatic rings. The summed E-state index contributed by atoms with van der Waals surface area (Å²) < 4.78 is 0. The SMILES string of the molecule is CC1(C(N)=O)CCN(C(=O)C(C)(C)C(N)=S)C1. The number of hydrogen-bond donors (Lipinski definition) is 2. The highest BCUT2D eigenvalue weighted by Crippen LogP contribution is 2.32. The molecular formula is C11H19N3O2S. The Bertz CT molecular complexity index is 381. The first-order valence-electron chi connectivity index (χ1n) is 5.50. The highest BCUT2D eigenvalue weighted by atomic mass is 32.1. The fourth-order valence-corrected chi connectivity index (χ4v) is 1.92. The van der Waals surface area contributed by atoms with Crippen molar-refractivity contribution in [2.24, 2.45) is 22.3 Å². The third kappa shape index (κ3) is 2.41. The normalized spacial score (nSPS) is 24.8. The van der Waals surface area contributed by atoms with Gasteiger partial charge in [0, 0.05) is 13.1 Å². The molecule has 1 rings (SSSR count).